The molecule has 0 aliphatic heterocycles. The summed E-state index contributed by atoms with van der Waals surface area (Å²) in [5, 5.41) is 15.3. The number of aromatic hydroxyl groups is 1. The fourth-order valence-electron chi connectivity index (χ4n) is 3.79. The summed E-state index contributed by atoms with van der Waals surface area (Å²) in [6.07, 6.45) is 3.95. The van der Waals surface area contributed by atoms with Gasteiger partial charge < -0.3 is 30.1 Å². The Bertz CT molecular complexity index is 928. The summed E-state index contributed by atoms with van der Waals surface area (Å²) >= 11 is 0. The minimum atomic E-state index is -1.03. The van der Waals surface area contributed by atoms with E-state index in [0.29, 0.717) is 17.5 Å². The van der Waals surface area contributed by atoms with Gasteiger partial charge in [-0.1, -0.05) is 38.7 Å². The highest BCUT2D eigenvalue weighted by Crippen LogP contribution is 2.27. The molecule has 0 spiro atoms. The topological polar surface area (TPSA) is 134 Å². The molecule has 0 aromatic heterocycles. The zero-order chi connectivity index (χ0) is 28.7. The van der Waals surface area contributed by atoms with Crippen molar-refractivity contribution >= 4 is 23.9 Å². The van der Waals surface area contributed by atoms with Crippen LogP contribution >= 0.6 is 0 Å². The Morgan fingerprint density at radius 1 is 1.03 bits per heavy atom. The van der Waals surface area contributed by atoms with Crippen molar-refractivity contribution in [3.8, 4) is 5.75 Å². The summed E-state index contributed by atoms with van der Waals surface area (Å²) in [4.78, 5) is 52.2. The fourth-order valence-corrected chi connectivity index (χ4v) is 3.79. The molecule has 0 fully saturated rings. The van der Waals surface area contributed by atoms with Crippen molar-refractivity contribution in [2.75, 3.05) is 26.2 Å². The number of amides is 3. The van der Waals surface area contributed by atoms with Gasteiger partial charge in [0.1, 0.15) is 23.9 Å². The Labute approximate surface area is 226 Å². The number of carbonyl (C=O) groups is 4. The maximum Gasteiger partial charge on any atom is 0.408 e. The maximum absolute atomic E-state index is 13.5. The highest BCUT2D eigenvalue weighted by Gasteiger charge is 2.32. The third-order valence-electron chi connectivity index (χ3n) is 5.64. The first-order chi connectivity index (χ1) is 17.9. The van der Waals surface area contributed by atoms with Gasteiger partial charge in [0, 0.05) is 13.1 Å². The number of ether oxygens (including phenoxy) is 2. The minimum absolute atomic E-state index is 0.00787. The number of esters is 1. The molecule has 1 rings (SSSR count). The molecule has 0 saturated carbocycles. The van der Waals surface area contributed by atoms with E-state index >= 15 is 0 Å². The lowest BCUT2D eigenvalue weighted by molar-refractivity contribution is -0.143. The van der Waals surface area contributed by atoms with E-state index in [1.54, 1.807) is 46.8 Å². The van der Waals surface area contributed by atoms with E-state index in [9.17, 15) is 24.3 Å². The lowest BCUT2D eigenvalue weighted by Gasteiger charge is -2.32. The molecule has 0 heterocycles. The van der Waals surface area contributed by atoms with Crippen molar-refractivity contribution in [1.82, 2.24) is 15.5 Å². The van der Waals surface area contributed by atoms with Crippen LogP contribution in [-0.2, 0) is 23.9 Å². The lowest BCUT2D eigenvalue weighted by atomic mass is 10.0. The second-order valence-corrected chi connectivity index (χ2v) is 10.2. The molecule has 10 heteroatoms. The van der Waals surface area contributed by atoms with Crippen LogP contribution in [-0.4, -0.2) is 65.7 Å². The van der Waals surface area contributed by atoms with Gasteiger partial charge in [0.15, 0.2) is 0 Å². The second-order valence-electron chi connectivity index (χ2n) is 10.2. The van der Waals surface area contributed by atoms with E-state index in [2.05, 4.69) is 17.6 Å². The highest BCUT2D eigenvalue weighted by molar-refractivity contribution is 5.90. The number of hydrogen-bond donors (Lipinski definition) is 3. The molecule has 1 aromatic rings. The Hall–Kier alpha value is -3.30. The number of phenolic OH excluding ortho intramolecular Hbond substituents is 1. The molecule has 0 aliphatic rings. The number of hydrogen-bond acceptors (Lipinski definition) is 7. The SMILES string of the molecule is CCCCCCCN(C(=O)CNC(=O)OC(C)(C)C)C(C(=O)NCCC(=O)OCC)c1ccc(O)c(C)c1. The summed E-state index contributed by atoms with van der Waals surface area (Å²) in [6, 6.07) is 3.70. The smallest absolute Gasteiger partial charge is 0.408 e. The van der Waals surface area contributed by atoms with E-state index < -0.39 is 35.5 Å². The number of nitrogens with one attached hydrogen (secondary N) is 2. The molecule has 0 saturated heterocycles. The average molecular weight is 536 g/mol. The first kappa shape index (κ1) is 32.7. The van der Waals surface area contributed by atoms with Gasteiger partial charge in [-0.3, -0.25) is 14.4 Å². The normalized spacial score (nSPS) is 11.8. The number of alkyl carbamates (subject to hydrolysis) is 1. The molecule has 38 heavy (non-hydrogen) atoms. The summed E-state index contributed by atoms with van der Waals surface area (Å²) < 4.78 is 10.2. The molecule has 214 valence electrons. The van der Waals surface area contributed by atoms with Crippen LogP contribution in [0, 0.1) is 6.92 Å². The van der Waals surface area contributed by atoms with Gasteiger partial charge in [0.2, 0.25) is 11.8 Å². The Morgan fingerprint density at radius 3 is 2.32 bits per heavy atom. The van der Waals surface area contributed by atoms with Crippen LogP contribution in [0.4, 0.5) is 4.79 Å². The highest BCUT2D eigenvalue weighted by atomic mass is 16.6. The number of aryl methyl sites for hydroxylation is 1. The molecule has 0 radical (unpaired) electrons. The van der Waals surface area contributed by atoms with Gasteiger partial charge in [-0.25, -0.2) is 4.79 Å². The van der Waals surface area contributed by atoms with Crippen LogP contribution in [0.15, 0.2) is 18.2 Å². The second kappa shape index (κ2) is 16.5. The van der Waals surface area contributed by atoms with E-state index in [1.807, 2.05) is 0 Å². The number of benzene rings is 1. The van der Waals surface area contributed by atoms with Gasteiger partial charge in [-0.2, -0.15) is 0 Å². The standard InChI is InChI=1S/C28H45N3O7/c1-7-9-10-11-12-17-31(23(33)19-30-27(36)38-28(4,5)6)25(21-13-14-22(32)20(3)18-21)26(35)29-16-15-24(34)37-8-2/h13-14,18,25,32H,7-12,15-17,19H2,1-6H3,(H,29,35)(H,30,36). The first-order valence-electron chi connectivity index (χ1n) is 13.4. The molecular weight excluding hydrogens is 490 g/mol. The molecule has 1 atom stereocenters. The van der Waals surface area contributed by atoms with Crippen molar-refractivity contribution in [2.45, 2.75) is 91.7 Å². The van der Waals surface area contributed by atoms with Crippen LogP contribution in [0.2, 0.25) is 0 Å². The molecule has 3 N–H and O–H groups in total. The predicted molar refractivity (Wildman–Crippen MR) is 145 cm³/mol. The summed E-state index contributed by atoms with van der Waals surface area (Å²) in [5.41, 5.74) is 0.332. The largest absolute Gasteiger partial charge is 0.508 e. The third kappa shape index (κ3) is 12.3. The van der Waals surface area contributed by atoms with Crippen molar-refractivity contribution in [3.63, 3.8) is 0 Å². The van der Waals surface area contributed by atoms with Crippen molar-refractivity contribution in [1.29, 1.82) is 0 Å². The Kier molecular flexibility index (Phi) is 14.2. The minimum Gasteiger partial charge on any atom is -0.508 e. The van der Waals surface area contributed by atoms with Crippen LogP contribution in [0.5, 0.6) is 5.75 Å². The van der Waals surface area contributed by atoms with Gasteiger partial charge in [0.05, 0.1) is 13.0 Å². The molecule has 0 bridgehead atoms. The molecular formula is C28H45N3O7. The Balaban J connectivity index is 3.21. The van der Waals surface area contributed by atoms with E-state index in [0.717, 1.165) is 25.7 Å². The van der Waals surface area contributed by atoms with Gasteiger partial charge in [-0.15, -0.1) is 0 Å². The monoisotopic (exact) mass is 535 g/mol. The number of nitrogens with zero attached hydrogens (tertiary/aromatic N) is 1. The summed E-state index contributed by atoms with van der Waals surface area (Å²) in [5.74, 6) is -1.30. The van der Waals surface area contributed by atoms with Gasteiger partial charge >= 0.3 is 12.1 Å². The number of carbonyl (C=O) groups excluding carboxylic acids is 4. The first-order valence-corrected chi connectivity index (χ1v) is 13.4. The average Bonchev–Trinajstić information content (AvgIpc) is 2.82. The number of phenols is 1. The molecule has 1 unspecified atom stereocenters. The van der Waals surface area contributed by atoms with Crippen molar-refractivity contribution < 1.29 is 33.8 Å². The van der Waals surface area contributed by atoms with E-state index in [4.69, 9.17) is 9.47 Å². The molecule has 3 amide bonds. The fraction of sp³-hybridized carbons (Fsp3) is 0.643. The number of rotatable bonds is 15. The zero-order valence-corrected chi connectivity index (χ0v) is 23.7. The predicted octanol–water partition coefficient (Wildman–Crippen LogP) is 4.13. The summed E-state index contributed by atoms with van der Waals surface area (Å²) in [6.45, 7) is 10.9. The van der Waals surface area contributed by atoms with Gasteiger partial charge in [0.25, 0.3) is 0 Å². The molecule has 0 aliphatic carbocycles. The van der Waals surface area contributed by atoms with Crippen LogP contribution < -0.4 is 10.6 Å². The van der Waals surface area contributed by atoms with Crippen molar-refractivity contribution in [2.24, 2.45) is 0 Å². The molecule has 10 nitrogen and oxygen atoms in total. The van der Waals surface area contributed by atoms with Crippen molar-refractivity contribution in [3.05, 3.63) is 29.3 Å². The third-order valence-corrected chi connectivity index (χ3v) is 5.64. The molecule has 1 aromatic carbocycles. The van der Waals surface area contributed by atoms with Gasteiger partial charge in [-0.05, 0) is 64.3 Å². The number of unbranched alkanes of at least 4 members (excludes halogenated alkanes) is 4. The van der Waals surface area contributed by atoms with Crippen LogP contribution in [0.1, 0.15) is 90.3 Å². The maximum atomic E-state index is 13.5. The Morgan fingerprint density at radius 2 is 1.71 bits per heavy atom. The van der Waals surface area contributed by atoms with E-state index in [-0.39, 0.29) is 38.4 Å². The quantitative estimate of drug-likeness (QED) is 0.227. The lowest BCUT2D eigenvalue weighted by Crippen LogP contribution is -2.48. The zero-order valence-electron chi connectivity index (χ0n) is 23.7. The van der Waals surface area contributed by atoms with E-state index in [1.165, 1.54) is 11.0 Å². The summed E-state index contributed by atoms with van der Waals surface area (Å²) in [7, 11) is 0. The van der Waals surface area contributed by atoms with Crippen LogP contribution in [0.25, 0.3) is 0 Å². The van der Waals surface area contributed by atoms with Crippen LogP contribution in [0.3, 0.4) is 0 Å².